The Morgan fingerprint density at radius 1 is 1.00 bits per heavy atom. The summed E-state index contributed by atoms with van der Waals surface area (Å²) in [7, 11) is 0. The van der Waals surface area contributed by atoms with E-state index in [-0.39, 0.29) is 42.6 Å². The van der Waals surface area contributed by atoms with Gasteiger partial charge in [0.1, 0.15) is 6.04 Å². The van der Waals surface area contributed by atoms with Crippen LogP contribution in [0, 0.1) is 0 Å². The molecule has 0 spiro atoms. The van der Waals surface area contributed by atoms with E-state index in [4.69, 9.17) is 0 Å². The number of carbonyl (C=O) groups is 4. The molecular formula is C28H32BrN3O4. The van der Waals surface area contributed by atoms with Crippen LogP contribution < -0.4 is 5.32 Å². The number of imide groups is 1. The summed E-state index contributed by atoms with van der Waals surface area (Å²) in [5.41, 5.74) is 1.72. The van der Waals surface area contributed by atoms with Crippen LogP contribution in [0.1, 0.15) is 78.1 Å². The Hall–Kier alpha value is -3.00. The fourth-order valence-electron chi connectivity index (χ4n) is 4.91. The maximum absolute atomic E-state index is 13.4. The van der Waals surface area contributed by atoms with Crippen LogP contribution in [0.15, 0.2) is 53.0 Å². The average Bonchev–Trinajstić information content (AvgIpc) is 3.13. The minimum Gasteiger partial charge on any atom is -0.352 e. The molecule has 1 aliphatic heterocycles. The molecular weight excluding hydrogens is 522 g/mol. The lowest BCUT2D eigenvalue weighted by Crippen LogP contribution is -2.50. The van der Waals surface area contributed by atoms with E-state index in [1.54, 1.807) is 36.1 Å². The van der Waals surface area contributed by atoms with Crippen LogP contribution in [0.2, 0.25) is 0 Å². The van der Waals surface area contributed by atoms with Crippen molar-refractivity contribution in [2.45, 2.75) is 70.5 Å². The van der Waals surface area contributed by atoms with Crippen molar-refractivity contribution < 1.29 is 19.2 Å². The van der Waals surface area contributed by atoms with E-state index in [1.165, 1.54) is 11.3 Å². The number of hydrogen-bond acceptors (Lipinski definition) is 4. The van der Waals surface area contributed by atoms with Gasteiger partial charge >= 0.3 is 0 Å². The summed E-state index contributed by atoms with van der Waals surface area (Å²) in [5, 5.41) is 3.13. The largest absolute Gasteiger partial charge is 0.352 e. The number of nitrogens with one attached hydrogen (secondary N) is 1. The zero-order chi connectivity index (χ0) is 25.7. The standard InChI is InChI=1S/C28H32BrN3O4/c1-19(26(34)30-22-8-3-2-4-9-22)32(18-20-13-15-21(29)16-14-20)25(33)12-7-17-31-27(35)23-10-5-6-11-24(23)28(31)36/h5-6,10-11,13-16,19,22H,2-4,7-9,12,17-18H2,1H3,(H,30,34)/t19-/m1/s1. The van der Waals surface area contributed by atoms with E-state index in [2.05, 4.69) is 21.2 Å². The van der Waals surface area contributed by atoms with Gasteiger partial charge in [-0.1, -0.05) is 59.5 Å². The van der Waals surface area contributed by atoms with E-state index in [9.17, 15) is 19.2 Å². The molecule has 0 aromatic heterocycles. The van der Waals surface area contributed by atoms with Crippen molar-refractivity contribution in [3.05, 3.63) is 69.7 Å². The maximum atomic E-state index is 13.4. The molecule has 36 heavy (non-hydrogen) atoms. The zero-order valence-corrected chi connectivity index (χ0v) is 22.1. The molecule has 190 valence electrons. The van der Waals surface area contributed by atoms with Gasteiger partial charge in [-0.3, -0.25) is 24.1 Å². The summed E-state index contributed by atoms with van der Waals surface area (Å²) in [6.07, 6.45) is 5.82. The number of carbonyl (C=O) groups excluding carboxylic acids is 4. The van der Waals surface area contributed by atoms with E-state index in [0.29, 0.717) is 24.1 Å². The maximum Gasteiger partial charge on any atom is 0.261 e. The van der Waals surface area contributed by atoms with Gasteiger partial charge in [0.15, 0.2) is 0 Å². The van der Waals surface area contributed by atoms with Gasteiger partial charge in [-0.15, -0.1) is 0 Å². The van der Waals surface area contributed by atoms with Crippen molar-refractivity contribution in [2.75, 3.05) is 6.54 Å². The topological polar surface area (TPSA) is 86.8 Å². The van der Waals surface area contributed by atoms with Crippen molar-refractivity contribution in [2.24, 2.45) is 0 Å². The quantitative estimate of drug-likeness (QED) is 0.456. The zero-order valence-electron chi connectivity index (χ0n) is 20.5. The lowest BCUT2D eigenvalue weighted by Gasteiger charge is -2.31. The Morgan fingerprint density at radius 2 is 1.61 bits per heavy atom. The molecule has 1 atom stereocenters. The molecule has 0 saturated heterocycles. The molecule has 1 N–H and O–H groups in total. The Balaban J connectivity index is 1.40. The van der Waals surface area contributed by atoms with Crippen molar-refractivity contribution in [3.8, 4) is 0 Å². The summed E-state index contributed by atoms with van der Waals surface area (Å²) in [5.74, 6) is -0.974. The highest BCUT2D eigenvalue weighted by molar-refractivity contribution is 9.10. The third-order valence-electron chi connectivity index (χ3n) is 7.04. The number of nitrogens with zero attached hydrogens (tertiary/aromatic N) is 2. The van der Waals surface area contributed by atoms with Gasteiger partial charge in [0.05, 0.1) is 11.1 Å². The van der Waals surface area contributed by atoms with Gasteiger partial charge in [0, 0.05) is 30.0 Å². The summed E-state index contributed by atoms with van der Waals surface area (Å²) in [4.78, 5) is 54.5. The Labute approximate surface area is 220 Å². The molecule has 4 amide bonds. The molecule has 0 bridgehead atoms. The molecule has 0 radical (unpaired) electrons. The number of fused-ring (bicyclic) bond motifs is 1. The summed E-state index contributed by atoms with van der Waals surface area (Å²) >= 11 is 3.43. The van der Waals surface area contributed by atoms with Crippen LogP contribution in [0.3, 0.4) is 0 Å². The number of hydrogen-bond donors (Lipinski definition) is 1. The van der Waals surface area contributed by atoms with Crippen LogP contribution in [0.5, 0.6) is 0 Å². The number of rotatable bonds is 9. The third-order valence-corrected chi connectivity index (χ3v) is 7.56. The van der Waals surface area contributed by atoms with Crippen LogP contribution in [-0.2, 0) is 16.1 Å². The molecule has 1 heterocycles. The van der Waals surface area contributed by atoms with Crippen molar-refractivity contribution in [3.63, 3.8) is 0 Å². The third kappa shape index (κ3) is 6.03. The van der Waals surface area contributed by atoms with Crippen molar-refractivity contribution >= 4 is 39.6 Å². The predicted octanol–water partition coefficient (Wildman–Crippen LogP) is 4.69. The molecule has 4 rings (SSSR count). The van der Waals surface area contributed by atoms with Gasteiger partial charge in [-0.2, -0.15) is 0 Å². The summed E-state index contributed by atoms with van der Waals surface area (Å²) in [6, 6.07) is 14.0. The van der Waals surface area contributed by atoms with Gasteiger partial charge in [-0.25, -0.2) is 0 Å². The Morgan fingerprint density at radius 3 is 2.22 bits per heavy atom. The molecule has 1 aliphatic carbocycles. The van der Waals surface area contributed by atoms with Gasteiger partial charge < -0.3 is 10.2 Å². The van der Waals surface area contributed by atoms with Crippen molar-refractivity contribution in [1.82, 2.24) is 15.1 Å². The molecule has 8 heteroatoms. The SMILES string of the molecule is C[C@H](C(=O)NC1CCCCC1)N(Cc1ccc(Br)cc1)C(=O)CCCN1C(=O)c2ccccc2C1=O. The smallest absolute Gasteiger partial charge is 0.261 e. The van der Waals surface area contributed by atoms with Crippen LogP contribution in [0.25, 0.3) is 0 Å². The monoisotopic (exact) mass is 553 g/mol. The molecule has 1 saturated carbocycles. The van der Waals surface area contributed by atoms with Crippen LogP contribution in [-0.4, -0.2) is 52.1 Å². The second kappa shape index (κ2) is 11.8. The van der Waals surface area contributed by atoms with E-state index >= 15 is 0 Å². The van der Waals surface area contributed by atoms with E-state index in [1.807, 2.05) is 24.3 Å². The number of benzene rings is 2. The van der Waals surface area contributed by atoms with Gasteiger partial charge in [0.25, 0.3) is 11.8 Å². The second-order valence-corrected chi connectivity index (χ2v) is 10.5. The molecule has 2 aliphatic rings. The molecule has 7 nitrogen and oxygen atoms in total. The molecule has 0 unspecified atom stereocenters. The molecule has 2 aromatic carbocycles. The normalized spacial score (nSPS) is 16.6. The Kier molecular flexibility index (Phi) is 8.56. The first-order valence-corrected chi connectivity index (χ1v) is 13.4. The highest BCUT2D eigenvalue weighted by Gasteiger charge is 2.35. The highest BCUT2D eigenvalue weighted by Crippen LogP contribution is 2.23. The van der Waals surface area contributed by atoms with Gasteiger partial charge in [-0.05, 0) is 56.0 Å². The van der Waals surface area contributed by atoms with E-state index < -0.39 is 6.04 Å². The number of amides is 4. The lowest BCUT2D eigenvalue weighted by atomic mass is 9.95. The summed E-state index contributed by atoms with van der Waals surface area (Å²) < 4.78 is 0.938. The minimum absolute atomic E-state index is 0.130. The van der Waals surface area contributed by atoms with E-state index in [0.717, 1.165) is 35.7 Å². The summed E-state index contributed by atoms with van der Waals surface area (Å²) in [6.45, 7) is 2.23. The molecule has 1 fully saturated rings. The van der Waals surface area contributed by atoms with Crippen LogP contribution in [0.4, 0.5) is 0 Å². The second-order valence-electron chi connectivity index (χ2n) is 9.58. The van der Waals surface area contributed by atoms with Gasteiger partial charge in [0.2, 0.25) is 11.8 Å². The minimum atomic E-state index is -0.637. The predicted molar refractivity (Wildman–Crippen MR) is 140 cm³/mol. The first kappa shape index (κ1) is 26.1. The lowest BCUT2D eigenvalue weighted by molar-refractivity contribution is -0.141. The average molecular weight is 554 g/mol. The number of halogens is 1. The first-order valence-electron chi connectivity index (χ1n) is 12.6. The molecule has 2 aromatic rings. The van der Waals surface area contributed by atoms with Crippen LogP contribution >= 0.6 is 15.9 Å². The first-order chi connectivity index (χ1) is 17.3. The fraction of sp³-hybridized carbons (Fsp3) is 0.429. The van der Waals surface area contributed by atoms with Crippen molar-refractivity contribution in [1.29, 1.82) is 0 Å². The fourth-order valence-corrected chi connectivity index (χ4v) is 5.18. The highest BCUT2D eigenvalue weighted by atomic mass is 79.9. The Bertz CT molecular complexity index is 1090.